The van der Waals surface area contributed by atoms with Crippen molar-refractivity contribution in [2.75, 3.05) is 32.8 Å². The number of rotatable bonds is 6. The monoisotopic (exact) mass is 386 g/mol. The SMILES string of the molecule is Cc1cccc(C)c1OCCCC(=O)N1CCN(C(=O)C2CCCCC2)CC1. The lowest BCUT2D eigenvalue weighted by Gasteiger charge is -2.37. The average molecular weight is 387 g/mol. The smallest absolute Gasteiger partial charge is 0.225 e. The van der Waals surface area contributed by atoms with E-state index in [4.69, 9.17) is 4.74 Å². The summed E-state index contributed by atoms with van der Waals surface area (Å²) in [5.74, 6) is 1.64. The summed E-state index contributed by atoms with van der Waals surface area (Å²) >= 11 is 0. The molecule has 1 aromatic rings. The molecule has 1 aliphatic carbocycles. The molecule has 3 rings (SSSR count). The van der Waals surface area contributed by atoms with Crippen LogP contribution < -0.4 is 4.74 Å². The Labute approximate surface area is 169 Å². The molecule has 1 aromatic carbocycles. The van der Waals surface area contributed by atoms with Crippen LogP contribution >= 0.6 is 0 Å². The third-order valence-electron chi connectivity index (χ3n) is 6.09. The molecule has 0 N–H and O–H groups in total. The molecule has 2 amide bonds. The van der Waals surface area contributed by atoms with Crippen LogP contribution in [0.2, 0.25) is 0 Å². The van der Waals surface area contributed by atoms with E-state index in [0.717, 1.165) is 29.7 Å². The molecule has 5 heteroatoms. The third kappa shape index (κ3) is 5.27. The molecule has 0 spiro atoms. The molecule has 0 bridgehead atoms. The molecule has 1 aliphatic heterocycles. The van der Waals surface area contributed by atoms with E-state index in [2.05, 4.69) is 0 Å². The van der Waals surface area contributed by atoms with E-state index in [0.29, 0.717) is 51.5 Å². The predicted molar refractivity (Wildman–Crippen MR) is 110 cm³/mol. The number of nitrogens with zero attached hydrogens (tertiary/aromatic N) is 2. The molecule has 0 atom stereocenters. The lowest BCUT2D eigenvalue weighted by molar-refractivity contribution is -0.142. The molecular weight excluding hydrogens is 352 g/mol. The summed E-state index contributed by atoms with van der Waals surface area (Å²) in [6.45, 7) is 7.32. The summed E-state index contributed by atoms with van der Waals surface area (Å²) in [4.78, 5) is 29.0. The molecule has 1 saturated carbocycles. The van der Waals surface area contributed by atoms with Crippen molar-refractivity contribution >= 4 is 11.8 Å². The van der Waals surface area contributed by atoms with Crippen LogP contribution in [0, 0.1) is 19.8 Å². The van der Waals surface area contributed by atoms with Crippen molar-refractivity contribution in [2.24, 2.45) is 5.92 Å². The third-order valence-corrected chi connectivity index (χ3v) is 6.09. The van der Waals surface area contributed by atoms with Gasteiger partial charge in [-0.05, 0) is 44.2 Å². The summed E-state index contributed by atoms with van der Waals surface area (Å²) in [6.07, 6.45) is 6.92. The highest BCUT2D eigenvalue weighted by Gasteiger charge is 2.29. The van der Waals surface area contributed by atoms with Gasteiger partial charge < -0.3 is 14.5 Å². The summed E-state index contributed by atoms with van der Waals surface area (Å²) in [7, 11) is 0. The van der Waals surface area contributed by atoms with Crippen LogP contribution in [0.5, 0.6) is 5.75 Å². The fourth-order valence-corrected chi connectivity index (χ4v) is 4.37. The van der Waals surface area contributed by atoms with Crippen molar-refractivity contribution in [3.63, 3.8) is 0 Å². The first-order chi connectivity index (χ1) is 13.6. The van der Waals surface area contributed by atoms with Crippen LogP contribution in [0.4, 0.5) is 0 Å². The molecule has 0 unspecified atom stereocenters. The maximum Gasteiger partial charge on any atom is 0.225 e. The Balaban J connectivity index is 1.36. The fraction of sp³-hybridized carbons (Fsp3) is 0.652. The minimum atomic E-state index is 0.176. The number of benzene rings is 1. The van der Waals surface area contributed by atoms with Gasteiger partial charge in [0.2, 0.25) is 11.8 Å². The van der Waals surface area contributed by atoms with Gasteiger partial charge in [-0.25, -0.2) is 0 Å². The number of ether oxygens (including phenoxy) is 1. The minimum Gasteiger partial charge on any atom is -0.493 e. The van der Waals surface area contributed by atoms with E-state index >= 15 is 0 Å². The van der Waals surface area contributed by atoms with Gasteiger partial charge in [-0.2, -0.15) is 0 Å². The molecule has 2 fully saturated rings. The van der Waals surface area contributed by atoms with Crippen LogP contribution in [0.1, 0.15) is 56.1 Å². The van der Waals surface area contributed by atoms with Crippen molar-refractivity contribution in [3.05, 3.63) is 29.3 Å². The van der Waals surface area contributed by atoms with Gasteiger partial charge in [0.15, 0.2) is 0 Å². The minimum absolute atomic E-state index is 0.176. The number of hydrogen-bond donors (Lipinski definition) is 0. The van der Waals surface area contributed by atoms with E-state index in [1.807, 2.05) is 41.8 Å². The highest BCUT2D eigenvalue weighted by Crippen LogP contribution is 2.26. The summed E-state index contributed by atoms with van der Waals surface area (Å²) in [6, 6.07) is 6.11. The van der Waals surface area contributed by atoms with E-state index in [-0.39, 0.29) is 11.8 Å². The quantitative estimate of drug-likeness (QED) is 0.700. The second-order valence-electron chi connectivity index (χ2n) is 8.21. The van der Waals surface area contributed by atoms with Crippen LogP contribution in [0.25, 0.3) is 0 Å². The topological polar surface area (TPSA) is 49.9 Å². The number of carbonyl (C=O) groups is 2. The number of piperazine rings is 1. The van der Waals surface area contributed by atoms with E-state index in [1.54, 1.807) is 0 Å². The molecule has 0 aromatic heterocycles. The molecule has 5 nitrogen and oxygen atoms in total. The standard InChI is InChI=1S/C23H34N2O3/c1-18-8-6-9-19(2)22(18)28-17-7-12-21(26)24-13-15-25(16-14-24)23(27)20-10-4-3-5-11-20/h6,8-9,20H,3-5,7,10-17H2,1-2H3. The Morgan fingerprint density at radius 2 is 1.57 bits per heavy atom. The van der Waals surface area contributed by atoms with Gasteiger partial charge in [0.25, 0.3) is 0 Å². The number of hydrogen-bond acceptors (Lipinski definition) is 3. The molecule has 154 valence electrons. The molecule has 0 radical (unpaired) electrons. The Hall–Kier alpha value is -2.04. The fourth-order valence-electron chi connectivity index (χ4n) is 4.37. The van der Waals surface area contributed by atoms with Crippen LogP contribution in [-0.4, -0.2) is 54.4 Å². The van der Waals surface area contributed by atoms with Gasteiger partial charge in [-0.1, -0.05) is 37.5 Å². The van der Waals surface area contributed by atoms with Crippen LogP contribution in [0.3, 0.4) is 0 Å². The maximum atomic E-state index is 12.6. The van der Waals surface area contributed by atoms with Crippen molar-refractivity contribution < 1.29 is 14.3 Å². The number of aryl methyl sites for hydroxylation is 2. The Kier molecular flexibility index (Phi) is 7.35. The van der Waals surface area contributed by atoms with Gasteiger partial charge in [-0.15, -0.1) is 0 Å². The van der Waals surface area contributed by atoms with Crippen molar-refractivity contribution in [2.45, 2.75) is 58.8 Å². The first kappa shape index (κ1) is 20.7. The van der Waals surface area contributed by atoms with Crippen molar-refractivity contribution in [1.29, 1.82) is 0 Å². The summed E-state index contributed by atoms with van der Waals surface area (Å²) in [5, 5.41) is 0. The van der Waals surface area contributed by atoms with Gasteiger partial charge in [-0.3, -0.25) is 9.59 Å². The largest absolute Gasteiger partial charge is 0.493 e. The highest BCUT2D eigenvalue weighted by molar-refractivity contribution is 5.80. The van der Waals surface area contributed by atoms with Gasteiger partial charge in [0, 0.05) is 38.5 Å². The lowest BCUT2D eigenvalue weighted by Crippen LogP contribution is -2.52. The average Bonchev–Trinajstić information content (AvgIpc) is 2.73. The van der Waals surface area contributed by atoms with Crippen LogP contribution in [-0.2, 0) is 9.59 Å². The second-order valence-corrected chi connectivity index (χ2v) is 8.21. The molecular formula is C23H34N2O3. The highest BCUT2D eigenvalue weighted by atomic mass is 16.5. The zero-order chi connectivity index (χ0) is 19.9. The van der Waals surface area contributed by atoms with Crippen molar-refractivity contribution in [1.82, 2.24) is 9.80 Å². The summed E-state index contributed by atoms with van der Waals surface area (Å²) < 4.78 is 5.90. The van der Waals surface area contributed by atoms with Gasteiger partial charge in [0.05, 0.1) is 6.61 Å². The van der Waals surface area contributed by atoms with E-state index in [1.165, 1.54) is 19.3 Å². The Morgan fingerprint density at radius 3 is 2.21 bits per heavy atom. The molecule has 1 heterocycles. The lowest BCUT2D eigenvalue weighted by atomic mass is 9.88. The maximum absolute atomic E-state index is 12.6. The molecule has 1 saturated heterocycles. The molecule has 2 aliphatic rings. The first-order valence-corrected chi connectivity index (χ1v) is 10.8. The van der Waals surface area contributed by atoms with Gasteiger partial charge in [0.1, 0.15) is 5.75 Å². The zero-order valence-corrected chi connectivity index (χ0v) is 17.4. The number of amides is 2. The zero-order valence-electron chi connectivity index (χ0n) is 17.4. The number of carbonyl (C=O) groups excluding carboxylic acids is 2. The number of para-hydroxylation sites is 1. The second kappa shape index (κ2) is 9.94. The predicted octanol–water partition coefficient (Wildman–Crippen LogP) is 3.71. The normalized spacial score (nSPS) is 18.2. The van der Waals surface area contributed by atoms with Gasteiger partial charge >= 0.3 is 0 Å². The summed E-state index contributed by atoms with van der Waals surface area (Å²) in [5.41, 5.74) is 2.26. The van der Waals surface area contributed by atoms with E-state index < -0.39 is 0 Å². The van der Waals surface area contributed by atoms with Crippen LogP contribution in [0.15, 0.2) is 18.2 Å². The molecule has 28 heavy (non-hydrogen) atoms. The van der Waals surface area contributed by atoms with E-state index in [9.17, 15) is 9.59 Å². The first-order valence-electron chi connectivity index (χ1n) is 10.8. The van der Waals surface area contributed by atoms with Crippen molar-refractivity contribution in [3.8, 4) is 5.75 Å². The Morgan fingerprint density at radius 1 is 0.964 bits per heavy atom. The Bertz CT molecular complexity index is 654.